The van der Waals surface area contributed by atoms with Gasteiger partial charge in [0.15, 0.2) is 5.78 Å². The standard InChI is InChI=1S/C16H17ClN2O3S/c17-12-3-1-10(2-4-12)14(20)11-5-7-19(8-6-11)15(21)13-9-23-16(22)18-13/h1-4,11,13H,5-9H2,(H,18,22)/t13-/m0/s1. The van der Waals surface area contributed by atoms with E-state index in [-0.39, 0.29) is 22.8 Å². The van der Waals surface area contributed by atoms with Gasteiger partial charge in [-0.15, -0.1) is 0 Å². The first-order chi connectivity index (χ1) is 11.0. The van der Waals surface area contributed by atoms with Crippen LogP contribution in [0, 0.1) is 5.92 Å². The van der Waals surface area contributed by atoms with Crippen LogP contribution >= 0.6 is 23.4 Å². The van der Waals surface area contributed by atoms with E-state index in [0.29, 0.717) is 42.3 Å². The van der Waals surface area contributed by atoms with Crippen molar-refractivity contribution in [2.45, 2.75) is 18.9 Å². The van der Waals surface area contributed by atoms with E-state index in [9.17, 15) is 14.4 Å². The highest BCUT2D eigenvalue weighted by molar-refractivity contribution is 8.14. The second-order valence-electron chi connectivity index (χ2n) is 5.77. The molecule has 122 valence electrons. The number of hydrogen-bond donors (Lipinski definition) is 1. The summed E-state index contributed by atoms with van der Waals surface area (Å²) in [6.45, 7) is 1.11. The average Bonchev–Trinajstić information content (AvgIpc) is 3.01. The molecule has 1 atom stereocenters. The summed E-state index contributed by atoms with van der Waals surface area (Å²) < 4.78 is 0. The van der Waals surface area contributed by atoms with Crippen LogP contribution in [-0.2, 0) is 4.79 Å². The molecule has 0 radical (unpaired) electrons. The van der Waals surface area contributed by atoms with Crippen molar-refractivity contribution in [1.82, 2.24) is 10.2 Å². The molecule has 2 heterocycles. The maximum Gasteiger partial charge on any atom is 0.279 e. The minimum atomic E-state index is -0.420. The smallest absolute Gasteiger partial charge is 0.279 e. The normalized spacial score (nSPS) is 22.0. The van der Waals surface area contributed by atoms with Crippen molar-refractivity contribution in [3.05, 3.63) is 34.9 Å². The summed E-state index contributed by atoms with van der Waals surface area (Å²) in [5.74, 6) is 0.494. The summed E-state index contributed by atoms with van der Waals surface area (Å²) >= 11 is 6.98. The minimum Gasteiger partial charge on any atom is -0.341 e. The predicted molar refractivity (Wildman–Crippen MR) is 89.9 cm³/mol. The van der Waals surface area contributed by atoms with Crippen LogP contribution < -0.4 is 5.32 Å². The highest BCUT2D eigenvalue weighted by Gasteiger charge is 2.34. The van der Waals surface area contributed by atoms with Crippen LogP contribution in [0.15, 0.2) is 24.3 Å². The van der Waals surface area contributed by atoms with E-state index in [1.807, 2.05) is 0 Å². The number of hydrogen-bond acceptors (Lipinski definition) is 4. The topological polar surface area (TPSA) is 66.5 Å². The maximum atomic E-state index is 12.5. The number of ketones is 1. The number of amides is 2. The monoisotopic (exact) mass is 352 g/mol. The number of carbonyl (C=O) groups excluding carboxylic acids is 3. The molecule has 3 rings (SSSR count). The summed E-state index contributed by atoms with van der Waals surface area (Å²) in [6, 6.07) is 6.50. The third-order valence-electron chi connectivity index (χ3n) is 4.28. The Labute approximate surface area is 143 Å². The fourth-order valence-electron chi connectivity index (χ4n) is 2.95. The summed E-state index contributed by atoms with van der Waals surface area (Å²) in [4.78, 5) is 37.8. The number of likely N-dealkylation sites (tertiary alicyclic amines) is 1. The van der Waals surface area contributed by atoms with Crippen molar-refractivity contribution in [1.29, 1.82) is 0 Å². The third kappa shape index (κ3) is 3.70. The number of thioether (sulfide) groups is 1. The Balaban J connectivity index is 1.55. The van der Waals surface area contributed by atoms with Crippen LogP contribution in [0.4, 0.5) is 4.79 Å². The van der Waals surface area contributed by atoms with Crippen molar-refractivity contribution in [2.24, 2.45) is 5.92 Å². The van der Waals surface area contributed by atoms with Crippen LogP contribution in [-0.4, -0.2) is 46.7 Å². The Hall–Kier alpha value is -1.53. The van der Waals surface area contributed by atoms with Gasteiger partial charge in [-0.1, -0.05) is 23.4 Å². The van der Waals surface area contributed by atoms with Gasteiger partial charge >= 0.3 is 0 Å². The van der Waals surface area contributed by atoms with Gasteiger partial charge in [0.2, 0.25) is 5.91 Å². The molecule has 0 aliphatic carbocycles. The zero-order chi connectivity index (χ0) is 16.4. The Morgan fingerprint density at radius 3 is 2.39 bits per heavy atom. The molecule has 1 aromatic carbocycles. The lowest BCUT2D eigenvalue weighted by molar-refractivity contribution is -0.133. The van der Waals surface area contributed by atoms with Crippen molar-refractivity contribution in [2.75, 3.05) is 18.8 Å². The first-order valence-electron chi connectivity index (χ1n) is 7.56. The molecule has 7 heteroatoms. The summed E-state index contributed by atoms with van der Waals surface area (Å²) in [6.07, 6.45) is 1.31. The third-order valence-corrected chi connectivity index (χ3v) is 5.41. The number of nitrogens with zero attached hydrogens (tertiary/aromatic N) is 1. The van der Waals surface area contributed by atoms with E-state index in [2.05, 4.69) is 5.32 Å². The van der Waals surface area contributed by atoms with Crippen LogP contribution in [0.1, 0.15) is 23.2 Å². The number of halogens is 1. The van der Waals surface area contributed by atoms with Crippen molar-refractivity contribution < 1.29 is 14.4 Å². The molecular formula is C16H17ClN2O3S. The van der Waals surface area contributed by atoms with Crippen molar-refractivity contribution in [3.63, 3.8) is 0 Å². The van der Waals surface area contributed by atoms with Gasteiger partial charge in [-0.25, -0.2) is 0 Å². The molecule has 23 heavy (non-hydrogen) atoms. The molecular weight excluding hydrogens is 336 g/mol. The molecule has 2 fully saturated rings. The molecule has 1 N–H and O–H groups in total. The molecule has 0 aromatic heterocycles. The highest BCUT2D eigenvalue weighted by atomic mass is 35.5. The molecule has 0 bridgehead atoms. The number of carbonyl (C=O) groups is 3. The summed E-state index contributed by atoms with van der Waals surface area (Å²) in [5, 5.41) is 3.14. The van der Waals surface area contributed by atoms with Gasteiger partial charge < -0.3 is 10.2 Å². The van der Waals surface area contributed by atoms with E-state index in [4.69, 9.17) is 11.6 Å². The van der Waals surface area contributed by atoms with Gasteiger partial charge in [0.05, 0.1) is 0 Å². The lowest BCUT2D eigenvalue weighted by atomic mass is 9.88. The highest BCUT2D eigenvalue weighted by Crippen LogP contribution is 2.24. The summed E-state index contributed by atoms with van der Waals surface area (Å²) in [7, 11) is 0. The zero-order valence-electron chi connectivity index (χ0n) is 12.5. The van der Waals surface area contributed by atoms with Crippen LogP contribution in [0.3, 0.4) is 0 Å². The lowest BCUT2D eigenvalue weighted by Crippen LogP contribution is -2.49. The zero-order valence-corrected chi connectivity index (χ0v) is 14.0. The van der Waals surface area contributed by atoms with E-state index in [0.717, 1.165) is 11.8 Å². The van der Waals surface area contributed by atoms with Gasteiger partial charge in [-0.2, -0.15) is 0 Å². The van der Waals surface area contributed by atoms with Crippen LogP contribution in [0.25, 0.3) is 0 Å². The molecule has 2 saturated heterocycles. The first-order valence-corrected chi connectivity index (χ1v) is 8.93. The molecule has 5 nitrogen and oxygen atoms in total. The second-order valence-corrected chi connectivity index (χ2v) is 7.20. The SMILES string of the molecule is O=C1N[C@H](C(=O)N2CCC(C(=O)c3ccc(Cl)cc3)CC2)CS1. The average molecular weight is 353 g/mol. The molecule has 2 aliphatic rings. The van der Waals surface area contributed by atoms with E-state index < -0.39 is 6.04 Å². The number of benzene rings is 1. The molecule has 0 saturated carbocycles. The quantitative estimate of drug-likeness (QED) is 0.849. The lowest BCUT2D eigenvalue weighted by Gasteiger charge is -2.32. The number of rotatable bonds is 3. The molecule has 1 aromatic rings. The molecule has 2 aliphatic heterocycles. The molecule has 0 spiro atoms. The Morgan fingerprint density at radius 1 is 1.17 bits per heavy atom. The molecule has 2 amide bonds. The number of piperidine rings is 1. The maximum absolute atomic E-state index is 12.5. The molecule has 0 unspecified atom stereocenters. The number of nitrogens with one attached hydrogen (secondary N) is 1. The Kier molecular flexibility index (Phi) is 4.92. The Morgan fingerprint density at radius 2 is 1.83 bits per heavy atom. The Bertz CT molecular complexity index is 627. The predicted octanol–water partition coefficient (Wildman–Crippen LogP) is 2.59. The van der Waals surface area contributed by atoms with Gasteiger partial charge in [0, 0.05) is 35.3 Å². The number of Topliss-reactive ketones (excluding diaryl/α,β-unsaturated/α-hetero) is 1. The van der Waals surface area contributed by atoms with Crippen LogP contribution in [0.2, 0.25) is 5.02 Å². The van der Waals surface area contributed by atoms with Gasteiger partial charge in [0.1, 0.15) is 6.04 Å². The first kappa shape index (κ1) is 16.3. The van der Waals surface area contributed by atoms with Crippen molar-refractivity contribution in [3.8, 4) is 0 Å². The van der Waals surface area contributed by atoms with E-state index in [1.54, 1.807) is 29.2 Å². The van der Waals surface area contributed by atoms with Crippen molar-refractivity contribution >= 4 is 40.3 Å². The van der Waals surface area contributed by atoms with E-state index >= 15 is 0 Å². The largest absolute Gasteiger partial charge is 0.341 e. The van der Waals surface area contributed by atoms with E-state index in [1.165, 1.54) is 0 Å². The fraction of sp³-hybridized carbons (Fsp3) is 0.438. The van der Waals surface area contributed by atoms with Gasteiger partial charge in [-0.3, -0.25) is 14.4 Å². The second kappa shape index (κ2) is 6.93. The van der Waals surface area contributed by atoms with Crippen LogP contribution in [0.5, 0.6) is 0 Å². The fourth-order valence-corrected chi connectivity index (χ4v) is 3.85. The summed E-state index contributed by atoms with van der Waals surface area (Å²) in [5.41, 5.74) is 0.665. The minimum absolute atomic E-state index is 0.0410. The van der Waals surface area contributed by atoms with Gasteiger partial charge in [0.25, 0.3) is 5.24 Å². The van der Waals surface area contributed by atoms with Gasteiger partial charge in [-0.05, 0) is 37.1 Å².